The number of carbonyl (C=O) groups excluding carboxylic acids is 1. The van der Waals surface area contributed by atoms with Crippen molar-refractivity contribution in [3.05, 3.63) is 52.3 Å². The molecular formula is C16H17Cl2N3O2. The molecule has 0 radical (unpaired) electrons. The first-order valence-corrected chi connectivity index (χ1v) is 7.66. The standard InChI is InChI=1S/C16H17Cl2N3O2/c1-21(9-11-8-12(17)5-6-14(11)23-2)10-15(22)20-13-4-3-7-19-16(13)18/h3-8H,9-10H2,1-2H3,(H,20,22). The van der Waals surface area contributed by atoms with Crippen molar-refractivity contribution in [3.8, 4) is 5.75 Å². The Labute approximate surface area is 145 Å². The number of halogens is 2. The fraction of sp³-hybridized carbons (Fsp3) is 0.250. The summed E-state index contributed by atoms with van der Waals surface area (Å²) in [4.78, 5) is 17.9. The van der Waals surface area contributed by atoms with Crippen molar-refractivity contribution >= 4 is 34.8 Å². The van der Waals surface area contributed by atoms with Gasteiger partial charge in [-0.3, -0.25) is 9.69 Å². The van der Waals surface area contributed by atoms with Gasteiger partial charge in [-0.2, -0.15) is 0 Å². The van der Waals surface area contributed by atoms with Crippen LogP contribution in [0.5, 0.6) is 5.75 Å². The number of hydrogen-bond donors (Lipinski definition) is 1. The van der Waals surface area contributed by atoms with Gasteiger partial charge in [-0.25, -0.2) is 4.98 Å². The number of rotatable bonds is 6. The summed E-state index contributed by atoms with van der Waals surface area (Å²) in [5.41, 5.74) is 1.41. The van der Waals surface area contributed by atoms with E-state index >= 15 is 0 Å². The Morgan fingerprint density at radius 3 is 2.83 bits per heavy atom. The number of anilines is 1. The molecule has 5 nitrogen and oxygen atoms in total. The molecule has 0 bridgehead atoms. The van der Waals surface area contributed by atoms with Gasteiger partial charge in [0.1, 0.15) is 5.75 Å². The van der Waals surface area contributed by atoms with E-state index in [2.05, 4.69) is 10.3 Å². The van der Waals surface area contributed by atoms with Crippen molar-refractivity contribution in [3.63, 3.8) is 0 Å². The van der Waals surface area contributed by atoms with Crippen molar-refractivity contribution in [2.45, 2.75) is 6.54 Å². The molecule has 1 amide bonds. The minimum absolute atomic E-state index is 0.177. The molecule has 0 aliphatic rings. The van der Waals surface area contributed by atoms with Crippen LogP contribution in [0.4, 0.5) is 5.69 Å². The topological polar surface area (TPSA) is 54.5 Å². The van der Waals surface area contributed by atoms with Crippen molar-refractivity contribution < 1.29 is 9.53 Å². The lowest BCUT2D eigenvalue weighted by Crippen LogP contribution is -2.30. The number of carbonyl (C=O) groups is 1. The van der Waals surface area contributed by atoms with E-state index in [0.717, 1.165) is 11.3 Å². The maximum atomic E-state index is 12.1. The molecule has 7 heteroatoms. The van der Waals surface area contributed by atoms with Crippen molar-refractivity contribution in [2.75, 3.05) is 26.0 Å². The second kappa shape index (κ2) is 8.15. The predicted molar refractivity (Wildman–Crippen MR) is 92.2 cm³/mol. The number of amides is 1. The fourth-order valence-electron chi connectivity index (χ4n) is 2.13. The summed E-state index contributed by atoms with van der Waals surface area (Å²) >= 11 is 11.9. The van der Waals surface area contributed by atoms with E-state index in [1.807, 2.05) is 18.0 Å². The summed E-state index contributed by atoms with van der Waals surface area (Å²) in [6.07, 6.45) is 1.57. The van der Waals surface area contributed by atoms with E-state index in [1.54, 1.807) is 37.6 Å². The Hall–Kier alpha value is -1.82. The number of ether oxygens (including phenoxy) is 1. The third kappa shape index (κ3) is 5.10. The van der Waals surface area contributed by atoms with Gasteiger partial charge >= 0.3 is 0 Å². The first-order valence-electron chi connectivity index (χ1n) is 6.91. The maximum Gasteiger partial charge on any atom is 0.238 e. The van der Waals surface area contributed by atoms with Gasteiger partial charge in [0.15, 0.2) is 5.15 Å². The van der Waals surface area contributed by atoms with Crippen molar-refractivity contribution in [2.24, 2.45) is 0 Å². The number of benzene rings is 1. The second-order valence-electron chi connectivity index (χ2n) is 5.02. The number of nitrogens with one attached hydrogen (secondary N) is 1. The van der Waals surface area contributed by atoms with E-state index in [0.29, 0.717) is 17.3 Å². The SMILES string of the molecule is COc1ccc(Cl)cc1CN(C)CC(=O)Nc1cccnc1Cl. The highest BCUT2D eigenvalue weighted by molar-refractivity contribution is 6.32. The molecule has 1 heterocycles. The largest absolute Gasteiger partial charge is 0.496 e. The monoisotopic (exact) mass is 353 g/mol. The first kappa shape index (κ1) is 17.5. The van der Waals surface area contributed by atoms with Crippen molar-refractivity contribution in [1.29, 1.82) is 0 Å². The van der Waals surface area contributed by atoms with Gasteiger partial charge < -0.3 is 10.1 Å². The fourth-order valence-corrected chi connectivity index (χ4v) is 2.49. The highest BCUT2D eigenvalue weighted by Crippen LogP contribution is 2.23. The Balaban J connectivity index is 1.97. The Kier molecular flexibility index (Phi) is 6.21. The summed E-state index contributed by atoms with van der Waals surface area (Å²) in [6, 6.07) is 8.81. The molecule has 2 rings (SSSR count). The van der Waals surface area contributed by atoms with Crippen LogP contribution in [-0.2, 0) is 11.3 Å². The number of pyridine rings is 1. The van der Waals surface area contributed by atoms with Gasteiger partial charge in [-0.1, -0.05) is 23.2 Å². The van der Waals surface area contributed by atoms with Gasteiger partial charge in [0.25, 0.3) is 0 Å². The molecule has 122 valence electrons. The lowest BCUT2D eigenvalue weighted by Gasteiger charge is -2.18. The molecule has 0 fully saturated rings. The predicted octanol–water partition coefficient (Wildman–Crippen LogP) is 3.47. The zero-order chi connectivity index (χ0) is 16.8. The van der Waals surface area contributed by atoms with Crippen LogP contribution in [0.1, 0.15) is 5.56 Å². The summed E-state index contributed by atoms with van der Waals surface area (Å²) in [5.74, 6) is 0.556. The van der Waals surface area contributed by atoms with Crippen LogP contribution in [-0.4, -0.2) is 36.5 Å². The third-order valence-corrected chi connectivity index (χ3v) is 3.67. The van der Waals surface area contributed by atoms with Crippen molar-refractivity contribution in [1.82, 2.24) is 9.88 Å². The van der Waals surface area contributed by atoms with E-state index in [1.165, 1.54) is 0 Å². The summed E-state index contributed by atoms with van der Waals surface area (Å²) < 4.78 is 5.31. The van der Waals surface area contributed by atoms with Crippen LogP contribution < -0.4 is 10.1 Å². The molecule has 2 aromatic rings. The number of methoxy groups -OCH3 is 1. The molecule has 1 aromatic carbocycles. The molecule has 0 unspecified atom stereocenters. The van der Waals surface area contributed by atoms with Gasteiger partial charge in [0, 0.05) is 23.3 Å². The molecule has 1 N–H and O–H groups in total. The average Bonchev–Trinajstić information content (AvgIpc) is 2.49. The van der Waals surface area contributed by atoms with Gasteiger partial charge in [-0.15, -0.1) is 0 Å². The number of nitrogens with zero attached hydrogens (tertiary/aromatic N) is 2. The number of likely N-dealkylation sites (N-methyl/N-ethyl adjacent to an activating group) is 1. The summed E-state index contributed by atoms with van der Waals surface area (Å²) in [5, 5.41) is 3.62. The summed E-state index contributed by atoms with van der Waals surface area (Å²) in [6.45, 7) is 0.721. The molecule has 0 spiro atoms. The molecular weight excluding hydrogens is 337 g/mol. The highest BCUT2D eigenvalue weighted by Gasteiger charge is 2.12. The van der Waals surface area contributed by atoms with Crippen LogP contribution in [0.3, 0.4) is 0 Å². The second-order valence-corrected chi connectivity index (χ2v) is 5.81. The zero-order valence-corrected chi connectivity index (χ0v) is 14.4. The number of aromatic nitrogens is 1. The van der Waals surface area contributed by atoms with Crippen LogP contribution in [0.2, 0.25) is 10.2 Å². The highest BCUT2D eigenvalue weighted by atomic mass is 35.5. The molecule has 0 saturated carbocycles. The van der Waals surface area contributed by atoms with E-state index in [9.17, 15) is 4.79 Å². The Morgan fingerprint density at radius 1 is 1.35 bits per heavy atom. The van der Waals surface area contributed by atoms with E-state index in [-0.39, 0.29) is 17.6 Å². The van der Waals surface area contributed by atoms with Crippen LogP contribution in [0.15, 0.2) is 36.5 Å². The van der Waals surface area contributed by atoms with Crippen LogP contribution in [0.25, 0.3) is 0 Å². The minimum atomic E-state index is -0.177. The first-order chi connectivity index (χ1) is 11.0. The van der Waals surface area contributed by atoms with Gasteiger partial charge in [0.2, 0.25) is 5.91 Å². The minimum Gasteiger partial charge on any atom is -0.496 e. The molecule has 1 aromatic heterocycles. The Morgan fingerprint density at radius 2 is 2.13 bits per heavy atom. The van der Waals surface area contributed by atoms with E-state index in [4.69, 9.17) is 27.9 Å². The molecule has 0 atom stereocenters. The Bertz CT molecular complexity index is 695. The molecule has 0 saturated heterocycles. The molecule has 23 heavy (non-hydrogen) atoms. The smallest absolute Gasteiger partial charge is 0.238 e. The van der Waals surface area contributed by atoms with Crippen LogP contribution in [0, 0.1) is 0 Å². The lowest BCUT2D eigenvalue weighted by atomic mass is 10.2. The normalized spacial score (nSPS) is 10.7. The van der Waals surface area contributed by atoms with E-state index < -0.39 is 0 Å². The molecule has 0 aliphatic carbocycles. The zero-order valence-electron chi connectivity index (χ0n) is 12.8. The maximum absolute atomic E-state index is 12.1. The molecule has 0 aliphatic heterocycles. The quantitative estimate of drug-likeness (QED) is 0.808. The summed E-state index contributed by atoms with van der Waals surface area (Å²) in [7, 11) is 3.44. The van der Waals surface area contributed by atoms with Crippen LogP contribution >= 0.6 is 23.2 Å². The van der Waals surface area contributed by atoms with Gasteiger partial charge in [0.05, 0.1) is 19.3 Å². The lowest BCUT2D eigenvalue weighted by molar-refractivity contribution is -0.117. The number of hydrogen-bond acceptors (Lipinski definition) is 4. The average molecular weight is 354 g/mol. The third-order valence-electron chi connectivity index (χ3n) is 3.13. The van der Waals surface area contributed by atoms with Gasteiger partial charge in [-0.05, 0) is 37.4 Å².